The highest BCUT2D eigenvalue weighted by molar-refractivity contribution is 6.16. The molecule has 2 saturated heterocycles. The van der Waals surface area contributed by atoms with Crippen molar-refractivity contribution in [2.24, 2.45) is 17.8 Å². The minimum Gasteiger partial charge on any atom is -0.508 e. The lowest BCUT2D eigenvalue weighted by Gasteiger charge is -2.31. The first-order valence-electron chi connectivity index (χ1n) is 12.2. The number of allylic oxidation sites excluding steroid dienone is 1. The highest BCUT2D eigenvalue weighted by Gasteiger charge is 2.58. The number of methoxy groups -OCH3 is 2. The molecule has 1 N–H and O–H groups in total. The predicted octanol–water partition coefficient (Wildman–Crippen LogP) is 4.09. The van der Waals surface area contributed by atoms with Crippen LogP contribution in [0, 0.1) is 17.8 Å². The van der Waals surface area contributed by atoms with Gasteiger partial charge in [-0.15, -0.1) is 0 Å². The molecule has 0 bridgehead atoms. The third-order valence-corrected chi connectivity index (χ3v) is 7.25. The molecule has 3 amide bonds. The second-order valence-corrected chi connectivity index (χ2v) is 9.42. The zero-order valence-electron chi connectivity index (χ0n) is 20.5. The van der Waals surface area contributed by atoms with Crippen molar-refractivity contribution >= 4 is 24.0 Å². The summed E-state index contributed by atoms with van der Waals surface area (Å²) in [5, 5.41) is 9.55. The summed E-state index contributed by atoms with van der Waals surface area (Å²) in [4.78, 5) is 38.8. The molecule has 2 aliphatic heterocycles. The minimum atomic E-state index is -0.928. The van der Waals surface area contributed by atoms with Gasteiger partial charge in [-0.25, -0.2) is 4.79 Å². The SMILES string of the molecule is CCC/C(=C\c1ccc(O)cc1)CC[C@H]1OC[C@H]2C1=C(COC)C[C@H]1C(=O)N(C(=O)OC)C(=O)[C@H]12. The second-order valence-electron chi connectivity index (χ2n) is 9.42. The van der Waals surface area contributed by atoms with E-state index in [0.717, 1.165) is 42.4 Å². The van der Waals surface area contributed by atoms with Crippen LogP contribution >= 0.6 is 0 Å². The predicted molar refractivity (Wildman–Crippen MR) is 128 cm³/mol. The lowest BCUT2D eigenvalue weighted by atomic mass is 9.69. The normalized spacial score (nSPS) is 26.3. The van der Waals surface area contributed by atoms with Gasteiger partial charge in [-0.05, 0) is 54.5 Å². The van der Waals surface area contributed by atoms with Gasteiger partial charge in [0.25, 0.3) is 0 Å². The van der Waals surface area contributed by atoms with Crippen LogP contribution in [0.15, 0.2) is 41.0 Å². The van der Waals surface area contributed by atoms with Crippen LogP contribution in [-0.2, 0) is 23.8 Å². The van der Waals surface area contributed by atoms with Gasteiger partial charge in [0.1, 0.15) is 5.75 Å². The van der Waals surface area contributed by atoms with Crippen molar-refractivity contribution in [3.05, 3.63) is 46.5 Å². The summed E-state index contributed by atoms with van der Waals surface area (Å²) in [6.07, 6.45) is 4.99. The van der Waals surface area contributed by atoms with Crippen molar-refractivity contribution in [1.82, 2.24) is 4.90 Å². The van der Waals surface area contributed by atoms with Gasteiger partial charge in [0.2, 0.25) is 11.8 Å². The zero-order chi connectivity index (χ0) is 25.1. The number of hydrogen-bond acceptors (Lipinski definition) is 7. The van der Waals surface area contributed by atoms with Gasteiger partial charge in [0.05, 0.1) is 38.3 Å². The summed E-state index contributed by atoms with van der Waals surface area (Å²) in [5.41, 5.74) is 4.38. The molecule has 4 atom stereocenters. The Morgan fingerprint density at radius 3 is 2.54 bits per heavy atom. The molecule has 8 heteroatoms. The fourth-order valence-electron chi connectivity index (χ4n) is 5.76. The molecular formula is C27H33NO7. The van der Waals surface area contributed by atoms with E-state index in [1.54, 1.807) is 19.2 Å². The number of imide groups is 3. The number of fused-ring (bicyclic) bond motifs is 3. The van der Waals surface area contributed by atoms with Gasteiger partial charge in [-0.3, -0.25) is 9.59 Å². The van der Waals surface area contributed by atoms with E-state index in [9.17, 15) is 19.5 Å². The lowest BCUT2D eigenvalue weighted by molar-refractivity contribution is -0.137. The number of ether oxygens (including phenoxy) is 3. The highest BCUT2D eigenvalue weighted by Crippen LogP contribution is 2.50. The average Bonchev–Trinajstić information content (AvgIpc) is 3.37. The van der Waals surface area contributed by atoms with Crippen molar-refractivity contribution in [2.75, 3.05) is 27.4 Å². The van der Waals surface area contributed by atoms with Crippen LogP contribution in [0.25, 0.3) is 6.08 Å². The average molecular weight is 484 g/mol. The van der Waals surface area contributed by atoms with Crippen LogP contribution in [0.1, 0.15) is 44.6 Å². The van der Waals surface area contributed by atoms with Crippen LogP contribution in [0.2, 0.25) is 0 Å². The van der Waals surface area contributed by atoms with Crippen LogP contribution < -0.4 is 0 Å². The largest absolute Gasteiger partial charge is 0.508 e. The molecule has 3 aliphatic rings. The summed E-state index contributed by atoms with van der Waals surface area (Å²) >= 11 is 0. The summed E-state index contributed by atoms with van der Waals surface area (Å²) in [6, 6.07) is 7.14. The first-order chi connectivity index (χ1) is 16.9. The highest BCUT2D eigenvalue weighted by atomic mass is 16.5. The minimum absolute atomic E-state index is 0.166. The number of aromatic hydroxyl groups is 1. The van der Waals surface area contributed by atoms with Gasteiger partial charge in [0, 0.05) is 13.0 Å². The van der Waals surface area contributed by atoms with E-state index >= 15 is 0 Å². The fraction of sp³-hybridized carbons (Fsp3) is 0.519. The van der Waals surface area contributed by atoms with Crippen molar-refractivity contribution in [2.45, 2.75) is 45.1 Å². The van der Waals surface area contributed by atoms with Gasteiger partial charge in [0.15, 0.2) is 0 Å². The Labute approximate surface area is 205 Å². The number of likely N-dealkylation sites (tertiary alicyclic amines) is 1. The van der Waals surface area contributed by atoms with Gasteiger partial charge in [-0.1, -0.05) is 37.1 Å². The maximum absolute atomic E-state index is 13.1. The van der Waals surface area contributed by atoms with Crippen LogP contribution in [0.4, 0.5) is 4.79 Å². The Hall–Kier alpha value is -2.97. The van der Waals surface area contributed by atoms with E-state index < -0.39 is 29.7 Å². The molecule has 8 nitrogen and oxygen atoms in total. The number of rotatable bonds is 8. The standard InChI is InChI=1S/C27H33NO7/c1-4-5-16(12-17-6-9-19(29)10-7-17)8-11-22-23-18(14-33-2)13-20-24(21(23)15-35-22)26(31)28(25(20)30)27(32)34-3/h6-7,9-10,12,20-22,24,29H,4-5,8,11,13-15H2,1-3H3/b16-12+/t20-,21+,22-,24-/m1/s1. The summed E-state index contributed by atoms with van der Waals surface area (Å²) < 4.78 is 16.3. The fourth-order valence-corrected chi connectivity index (χ4v) is 5.76. The first kappa shape index (κ1) is 25.1. The monoisotopic (exact) mass is 483 g/mol. The Bertz CT molecular complexity index is 1040. The second kappa shape index (κ2) is 10.7. The molecule has 188 valence electrons. The molecule has 1 aromatic rings. The molecule has 4 rings (SSSR count). The van der Waals surface area contributed by atoms with Crippen LogP contribution in [0.3, 0.4) is 0 Å². The maximum Gasteiger partial charge on any atom is 0.423 e. The number of benzene rings is 1. The van der Waals surface area contributed by atoms with Gasteiger partial charge >= 0.3 is 6.09 Å². The zero-order valence-corrected chi connectivity index (χ0v) is 20.5. The molecule has 0 radical (unpaired) electrons. The number of amides is 3. The molecule has 2 fully saturated rings. The van der Waals surface area contributed by atoms with E-state index in [1.807, 2.05) is 12.1 Å². The van der Waals surface area contributed by atoms with Gasteiger partial charge < -0.3 is 19.3 Å². The van der Waals surface area contributed by atoms with E-state index in [1.165, 1.54) is 12.7 Å². The summed E-state index contributed by atoms with van der Waals surface area (Å²) in [7, 11) is 2.78. The third-order valence-electron chi connectivity index (χ3n) is 7.25. The van der Waals surface area contributed by atoms with E-state index in [-0.39, 0.29) is 17.8 Å². The summed E-state index contributed by atoms with van der Waals surface area (Å²) in [6.45, 7) is 2.84. The molecule has 1 aromatic carbocycles. The number of carbonyl (C=O) groups excluding carboxylic acids is 3. The molecule has 0 unspecified atom stereocenters. The van der Waals surface area contributed by atoms with Crippen molar-refractivity contribution in [3.8, 4) is 5.75 Å². The van der Waals surface area contributed by atoms with E-state index in [4.69, 9.17) is 9.47 Å². The molecular weight excluding hydrogens is 450 g/mol. The van der Waals surface area contributed by atoms with E-state index in [0.29, 0.717) is 24.5 Å². The molecule has 35 heavy (non-hydrogen) atoms. The Morgan fingerprint density at radius 1 is 1.14 bits per heavy atom. The van der Waals surface area contributed by atoms with Gasteiger partial charge in [-0.2, -0.15) is 4.90 Å². The van der Waals surface area contributed by atoms with E-state index in [2.05, 4.69) is 17.7 Å². The van der Waals surface area contributed by atoms with Crippen molar-refractivity contribution in [3.63, 3.8) is 0 Å². The van der Waals surface area contributed by atoms with Crippen LogP contribution in [0.5, 0.6) is 5.75 Å². The Kier molecular flexibility index (Phi) is 7.72. The molecule has 0 spiro atoms. The molecule has 1 aliphatic carbocycles. The first-order valence-corrected chi connectivity index (χ1v) is 12.2. The quantitative estimate of drug-likeness (QED) is 0.439. The number of phenolic OH excluding ortho intramolecular Hbond substituents is 1. The molecule has 0 aromatic heterocycles. The smallest absolute Gasteiger partial charge is 0.423 e. The summed E-state index contributed by atoms with van der Waals surface area (Å²) in [5.74, 6) is -2.19. The topological polar surface area (TPSA) is 102 Å². The maximum atomic E-state index is 13.1. The Balaban J connectivity index is 1.56. The molecule has 0 saturated carbocycles. The third kappa shape index (κ3) is 4.90. The number of hydrogen-bond donors (Lipinski definition) is 1. The van der Waals surface area contributed by atoms with Crippen molar-refractivity contribution < 1.29 is 33.7 Å². The number of phenols is 1. The molecule has 2 heterocycles. The number of carbonyl (C=O) groups is 3. The van der Waals surface area contributed by atoms with Crippen molar-refractivity contribution in [1.29, 1.82) is 0 Å². The lowest BCUT2D eigenvalue weighted by Crippen LogP contribution is -2.38. The number of nitrogens with zero attached hydrogens (tertiary/aromatic N) is 1. The van der Waals surface area contributed by atoms with Crippen LogP contribution in [-0.4, -0.2) is 61.5 Å². The Morgan fingerprint density at radius 2 is 1.89 bits per heavy atom.